The lowest BCUT2D eigenvalue weighted by molar-refractivity contribution is 0.00694. The zero-order valence-electron chi connectivity index (χ0n) is 13.6. The van der Waals surface area contributed by atoms with Crippen LogP contribution in [0.2, 0.25) is 0 Å². The van der Waals surface area contributed by atoms with Crippen molar-refractivity contribution in [3.63, 3.8) is 0 Å². The first-order valence-corrected chi connectivity index (χ1v) is 7.44. The second kappa shape index (κ2) is 7.15. The zero-order chi connectivity index (χ0) is 16.9. The Morgan fingerprint density at radius 3 is 2.48 bits per heavy atom. The first-order chi connectivity index (χ1) is 10.8. The number of phenolic OH excluding ortho intramolecular Hbond substituents is 1. The van der Waals surface area contributed by atoms with Crippen molar-refractivity contribution in [2.45, 2.75) is 32.9 Å². The normalized spacial score (nSPS) is 11.1. The molecule has 2 aromatic carbocycles. The quantitative estimate of drug-likeness (QED) is 0.582. The Morgan fingerprint density at radius 1 is 1.13 bits per heavy atom. The topological polar surface area (TPSA) is 70.6 Å². The van der Waals surface area contributed by atoms with Crippen LogP contribution >= 0.6 is 0 Å². The number of phenols is 1. The van der Waals surface area contributed by atoms with E-state index in [-0.39, 0.29) is 5.75 Å². The summed E-state index contributed by atoms with van der Waals surface area (Å²) in [5, 5.41) is 9.93. The van der Waals surface area contributed by atoms with Gasteiger partial charge in [-0.1, -0.05) is 18.2 Å². The number of benzene rings is 2. The number of hydrogen-bond donors (Lipinski definition) is 3. The Hall–Kier alpha value is -2.53. The molecule has 0 amide bonds. The van der Waals surface area contributed by atoms with Gasteiger partial charge in [0.1, 0.15) is 11.4 Å². The van der Waals surface area contributed by atoms with Gasteiger partial charge in [-0.15, -0.1) is 0 Å². The van der Waals surface area contributed by atoms with Crippen LogP contribution in [0.1, 0.15) is 36.7 Å². The van der Waals surface area contributed by atoms with Crippen LogP contribution in [0.3, 0.4) is 0 Å². The van der Waals surface area contributed by atoms with Gasteiger partial charge in [-0.2, -0.15) is 0 Å². The van der Waals surface area contributed by atoms with E-state index in [1.165, 1.54) is 6.07 Å². The van der Waals surface area contributed by atoms with E-state index in [9.17, 15) is 9.90 Å². The largest absolute Gasteiger partial charge is 0.508 e. The van der Waals surface area contributed by atoms with Crippen LogP contribution in [0.5, 0.6) is 5.75 Å². The molecule has 2 rings (SSSR count). The number of nitrogens with one attached hydrogen (secondary N) is 2. The second-order valence-corrected chi connectivity index (χ2v) is 6.19. The third-order valence-electron chi connectivity index (χ3n) is 3.00. The van der Waals surface area contributed by atoms with Gasteiger partial charge in [0.2, 0.25) is 0 Å². The van der Waals surface area contributed by atoms with Crippen molar-refractivity contribution in [1.82, 2.24) is 5.43 Å². The third kappa shape index (κ3) is 5.30. The van der Waals surface area contributed by atoms with Crippen LogP contribution in [0.4, 0.5) is 5.69 Å². The van der Waals surface area contributed by atoms with E-state index in [2.05, 4.69) is 10.9 Å². The van der Waals surface area contributed by atoms with Crippen molar-refractivity contribution >= 4 is 11.7 Å². The minimum Gasteiger partial charge on any atom is -0.508 e. The molecule has 23 heavy (non-hydrogen) atoms. The van der Waals surface area contributed by atoms with Gasteiger partial charge in [0.05, 0.1) is 5.56 Å². The molecule has 0 aliphatic carbocycles. The van der Waals surface area contributed by atoms with Gasteiger partial charge in [-0.25, -0.2) is 10.2 Å². The lowest BCUT2D eigenvalue weighted by Gasteiger charge is -2.19. The molecule has 122 valence electrons. The van der Waals surface area contributed by atoms with Crippen LogP contribution in [0.15, 0.2) is 48.5 Å². The minimum absolute atomic E-state index is 0.125. The maximum Gasteiger partial charge on any atom is 0.338 e. The molecule has 0 radical (unpaired) electrons. The van der Waals surface area contributed by atoms with Crippen molar-refractivity contribution in [2.75, 3.05) is 5.43 Å². The molecular weight excluding hydrogens is 292 g/mol. The molecule has 5 nitrogen and oxygen atoms in total. The highest BCUT2D eigenvalue weighted by molar-refractivity contribution is 5.90. The van der Waals surface area contributed by atoms with Gasteiger partial charge in [0.25, 0.3) is 0 Å². The average Bonchev–Trinajstić information content (AvgIpc) is 2.48. The highest BCUT2D eigenvalue weighted by Gasteiger charge is 2.18. The Kier molecular flexibility index (Phi) is 5.24. The molecular formula is C18H22N2O3. The molecule has 0 saturated carbocycles. The average molecular weight is 314 g/mol. The number of para-hydroxylation sites is 1. The van der Waals surface area contributed by atoms with Crippen LogP contribution in [-0.2, 0) is 11.3 Å². The van der Waals surface area contributed by atoms with Crippen molar-refractivity contribution in [1.29, 1.82) is 0 Å². The highest BCUT2D eigenvalue weighted by Crippen LogP contribution is 2.20. The summed E-state index contributed by atoms with van der Waals surface area (Å²) in [5.41, 5.74) is 7.42. The number of aromatic hydroxyl groups is 1. The molecule has 2 aromatic rings. The molecule has 0 bridgehead atoms. The smallest absolute Gasteiger partial charge is 0.338 e. The summed E-state index contributed by atoms with van der Waals surface area (Å²) < 4.78 is 5.34. The molecule has 0 spiro atoms. The van der Waals surface area contributed by atoms with E-state index in [1.807, 2.05) is 51.1 Å². The van der Waals surface area contributed by atoms with E-state index in [1.54, 1.807) is 12.1 Å². The monoisotopic (exact) mass is 314 g/mol. The van der Waals surface area contributed by atoms with E-state index < -0.39 is 11.6 Å². The number of rotatable bonds is 5. The summed E-state index contributed by atoms with van der Waals surface area (Å²) in [6, 6.07) is 14.3. The van der Waals surface area contributed by atoms with Gasteiger partial charge >= 0.3 is 5.97 Å². The third-order valence-corrected chi connectivity index (χ3v) is 3.00. The fourth-order valence-corrected chi connectivity index (χ4v) is 1.95. The number of anilines is 1. The predicted molar refractivity (Wildman–Crippen MR) is 90.2 cm³/mol. The van der Waals surface area contributed by atoms with Gasteiger partial charge < -0.3 is 15.3 Å². The van der Waals surface area contributed by atoms with Crippen LogP contribution < -0.4 is 10.9 Å². The summed E-state index contributed by atoms with van der Waals surface area (Å²) in [6.45, 7) is 5.81. The number of esters is 1. The van der Waals surface area contributed by atoms with Crippen LogP contribution in [0, 0.1) is 0 Å². The van der Waals surface area contributed by atoms with Crippen molar-refractivity contribution in [3.05, 3.63) is 59.7 Å². The SMILES string of the molecule is CC(C)(C)OC(=O)c1ccc(O)c(CNNc2ccccc2)c1. The Bertz CT molecular complexity index is 664. The number of ether oxygens (including phenoxy) is 1. The molecule has 0 heterocycles. The first-order valence-electron chi connectivity index (χ1n) is 7.44. The molecule has 0 atom stereocenters. The van der Waals surface area contributed by atoms with Crippen molar-refractivity contribution in [2.24, 2.45) is 0 Å². The van der Waals surface area contributed by atoms with Crippen LogP contribution in [0.25, 0.3) is 0 Å². The lowest BCUT2D eigenvalue weighted by atomic mass is 10.1. The van der Waals surface area contributed by atoms with Gasteiger partial charge in [-0.05, 0) is 51.1 Å². The molecule has 0 fully saturated rings. The molecule has 0 aromatic heterocycles. The van der Waals surface area contributed by atoms with Gasteiger partial charge in [0.15, 0.2) is 0 Å². The maximum absolute atomic E-state index is 12.1. The predicted octanol–water partition coefficient (Wildman–Crippen LogP) is 3.46. The number of carbonyl (C=O) groups is 1. The summed E-state index contributed by atoms with van der Waals surface area (Å²) in [7, 11) is 0. The number of carbonyl (C=O) groups excluding carboxylic acids is 1. The standard InChI is InChI=1S/C18H22N2O3/c1-18(2,3)23-17(22)13-9-10-16(21)14(11-13)12-19-20-15-7-5-4-6-8-15/h4-11,19-21H,12H2,1-3H3. The van der Waals surface area contributed by atoms with Crippen molar-refractivity contribution < 1.29 is 14.6 Å². The molecule has 3 N–H and O–H groups in total. The molecule has 0 unspecified atom stereocenters. The Balaban J connectivity index is 2.01. The summed E-state index contributed by atoms with van der Waals surface area (Å²) >= 11 is 0. The van der Waals surface area contributed by atoms with E-state index >= 15 is 0 Å². The van der Waals surface area contributed by atoms with Crippen molar-refractivity contribution in [3.8, 4) is 5.75 Å². The summed E-state index contributed by atoms with van der Waals surface area (Å²) in [4.78, 5) is 12.1. The van der Waals surface area contributed by atoms with Gasteiger partial charge in [0, 0.05) is 17.8 Å². The first kappa shape index (κ1) is 16.8. The highest BCUT2D eigenvalue weighted by atomic mass is 16.6. The summed E-state index contributed by atoms with van der Waals surface area (Å²) in [6.07, 6.45) is 0. The fraction of sp³-hybridized carbons (Fsp3) is 0.278. The number of hydrogen-bond acceptors (Lipinski definition) is 5. The zero-order valence-corrected chi connectivity index (χ0v) is 13.6. The van der Waals surface area contributed by atoms with E-state index in [4.69, 9.17) is 4.74 Å². The second-order valence-electron chi connectivity index (χ2n) is 6.19. The molecule has 0 aliphatic rings. The lowest BCUT2D eigenvalue weighted by Crippen LogP contribution is -2.24. The molecule has 0 aliphatic heterocycles. The number of hydrazine groups is 1. The Labute approximate surface area is 136 Å². The van der Waals surface area contributed by atoms with Gasteiger partial charge in [-0.3, -0.25) is 0 Å². The minimum atomic E-state index is -0.553. The van der Waals surface area contributed by atoms with Crippen LogP contribution in [-0.4, -0.2) is 16.7 Å². The molecule has 5 heteroatoms. The molecule has 0 saturated heterocycles. The summed E-state index contributed by atoms with van der Waals surface area (Å²) in [5.74, 6) is -0.283. The fourth-order valence-electron chi connectivity index (χ4n) is 1.95. The maximum atomic E-state index is 12.1. The van der Waals surface area contributed by atoms with E-state index in [0.717, 1.165) is 5.69 Å². The van der Waals surface area contributed by atoms with E-state index in [0.29, 0.717) is 17.7 Å². The Morgan fingerprint density at radius 2 is 1.83 bits per heavy atom.